The smallest absolute Gasteiger partial charge is 0.282 e. The van der Waals surface area contributed by atoms with Crippen LogP contribution in [0.3, 0.4) is 0 Å². The molecule has 2 aromatic heterocycles. The molecule has 1 aromatic carbocycles. The van der Waals surface area contributed by atoms with Gasteiger partial charge in [-0.15, -0.1) is 0 Å². The second-order valence-electron chi connectivity index (χ2n) is 8.75. The van der Waals surface area contributed by atoms with Crippen LogP contribution in [0, 0.1) is 0 Å². The lowest BCUT2D eigenvalue weighted by molar-refractivity contribution is -0.000847. The highest BCUT2D eigenvalue weighted by Crippen LogP contribution is 2.38. The number of benzene rings is 1. The normalized spacial score (nSPS) is 14.8. The molecule has 0 atom stereocenters. The predicted molar refractivity (Wildman–Crippen MR) is 128 cm³/mol. The molecule has 182 valence electrons. The summed E-state index contributed by atoms with van der Waals surface area (Å²) in [6, 6.07) is 8.08. The number of aromatic hydroxyl groups is 1. The summed E-state index contributed by atoms with van der Waals surface area (Å²) in [6.45, 7) is 5.28. The molecule has 4 rings (SSSR count). The average Bonchev–Trinajstić information content (AvgIpc) is 2.95. The van der Waals surface area contributed by atoms with Gasteiger partial charge in [-0.1, -0.05) is 45.0 Å². The Morgan fingerprint density at radius 2 is 2.03 bits per heavy atom. The third-order valence-electron chi connectivity index (χ3n) is 5.87. The van der Waals surface area contributed by atoms with E-state index in [4.69, 9.17) is 4.84 Å². The van der Waals surface area contributed by atoms with Crippen molar-refractivity contribution in [1.82, 2.24) is 14.9 Å². The van der Waals surface area contributed by atoms with Gasteiger partial charge < -0.3 is 10.4 Å². The van der Waals surface area contributed by atoms with Gasteiger partial charge in [0.15, 0.2) is 11.4 Å². The number of hydrogen-bond donors (Lipinski definition) is 4. The SMILES string of the molecule is CCNCONc1c(O)c2ncc(Cc3ccc(C(C)C)cc3)c3c2n(c1=O)CC(F)(F)CN3. The average molecular weight is 474 g/mol. The third-order valence-corrected chi connectivity index (χ3v) is 5.87. The Labute approximate surface area is 195 Å². The number of anilines is 2. The summed E-state index contributed by atoms with van der Waals surface area (Å²) in [6.07, 6.45) is 1.97. The van der Waals surface area contributed by atoms with E-state index in [0.29, 0.717) is 30.1 Å². The summed E-state index contributed by atoms with van der Waals surface area (Å²) in [7, 11) is 0. The second kappa shape index (κ2) is 9.55. The van der Waals surface area contributed by atoms with Crippen molar-refractivity contribution in [3.05, 3.63) is 57.5 Å². The first kappa shape index (κ1) is 23.9. The summed E-state index contributed by atoms with van der Waals surface area (Å²) in [4.78, 5) is 22.7. The molecule has 0 spiro atoms. The number of nitrogens with zero attached hydrogens (tertiary/aromatic N) is 2. The Morgan fingerprint density at radius 3 is 2.71 bits per heavy atom. The molecule has 1 aliphatic heterocycles. The fraction of sp³-hybridized carbons (Fsp3) is 0.417. The predicted octanol–water partition coefficient (Wildman–Crippen LogP) is 3.79. The highest BCUT2D eigenvalue weighted by molar-refractivity contribution is 5.96. The first-order valence-corrected chi connectivity index (χ1v) is 11.3. The molecule has 4 N–H and O–H groups in total. The number of pyridine rings is 2. The molecule has 0 bridgehead atoms. The highest BCUT2D eigenvalue weighted by Gasteiger charge is 2.36. The largest absolute Gasteiger partial charge is 0.504 e. The molecular formula is C24H29F2N5O3. The van der Waals surface area contributed by atoms with Crippen molar-refractivity contribution >= 4 is 22.4 Å². The number of hydrogen-bond acceptors (Lipinski definition) is 7. The molecule has 0 amide bonds. The summed E-state index contributed by atoms with van der Waals surface area (Å²) >= 11 is 0. The van der Waals surface area contributed by atoms with Crippen LogP contribution < -0.4 is 21.7 Å². The number of halogens is 2. The van der Waals surface area contributed by atoms with Crippen LogP contribution in [0.4, 0.5) is 20.2 Å². The zero-order valence-corrected chi connectivity index (χ0v) is 19.4. The van der Waals surface area contributed by atoms with Crippen molar-refractivity contribution in [3.8, 4) is 5.75 Å². The maximum Gasteiger partial charge on any atom is 0.282 e. The minimum atomic E-state index is -3.19. The van der Waals surface area contributed by atoms with Gasteiger partial charge in [0.2, 0.25) is 0 Å². The van der Waals surface area contributed by atoms with Crippen molar-refractivity contribution < 1.29 is 18.7 Å². The molecular weight excluding hydrogens is 444 g/mol. The van der Waals surface area contributed by atoms with Gasteiger partial charge in [0.05, 0.1) is 24.3 Å². The number of aromatic nitrogens is 2. The fourth-order valence-corrected chi connectivity index (χ4v) is 4.01. The summed E-state index contributed by atoms with van der Waals surface area (Å²) in [5, 5.41) is 16.5. The van der Waals surface area contributed by atoms with Gasteiger partial charge in [-0.3, -0.25) is 30.0 Å². The molecule has 1 aliphatic rings. The second-order valence-corrected chi connectivity index (χ2v) is 8.75. The van der Waals surface area contributed by atoms with E-state index in [2.05, 4.69) is 34.9 Å². The molecule has 0 radical (unpaired) electrons. The van der Waals surface area contributed by atoms with E-state index in [9.17, 15) is 18.7 Å². The molecule has 10 heteroatoms. The van der Waals surface area contributed by atoms with Gasteiger partial charge in [-0.2, -0.15) is 0 Å². The van der Waals surface area contributed by atoms with Crippen molar-refractivity contribution in [1.29, 1.82) is 0 Å². The Kier molecular flexibility index (Phi) is 6.72. The van der Waals surface area contributed by atoms with E-state index in [1.54, 1.807) is 6.20 Å². The van der Waals surface area contributed by atoms with Crippen LogP contribution >= 0.6 is 0 Å². The van der Waals surface area contributed by atoms with Crippen LogP contribution in [0.25, 0.3) is 11.0 Å². The van der Waals surface area contributed by atoms with E-state index >= 15 is 0 Å². The number of alkyl halides is 2. The number of nitrogens with one attached hydrogen (secondary N) is 3. The van der Waals surface area contributed by atoms with E-state index in [1.165, 1.54) is 5.56 Å². The van der Waals surface area contributed by atoms with Gasteiger partial charge >= 0.3 is 0 Å². The van der Waals surface area contributed by atoms with Gasteiger partial charge in [-0.25, -0.2) is 8.78 Å². The number of rotatable bonds is 8. The third kappa shape index (κ3) is 4.69. The van der Waals surface area contributed by atoms with Crippen LogP contribution in [0.2, 0.25) is 0 Å². The molecule has 0 unspecified atom stereocenters. The van der Waals surface area contributed by atoms with Crippen LogP contribution in [0.15, 0.2) is 35.3 Å². The fourth-order valence-electron chi connectivity index (χ4n) is 4.01. The lowest BCUT2D eigenvalue weighted by Crippen LogP contribution is -2.35. The Balaban J connectivity index is 1.81. The van der Waals surface area contributed by atoms with Gasteiger partial charge in [0.25, 0.3) is 11.5 Å². The Hall–Kier alpha value is -3.24. The molecule has 0 saturated carbocycles. The van der Waals surface area contributed by atoms with Crippen LogP contribution in [0.5, 0.6) is 5.75 Å². The van der Waals surface area contributed by atoms with E-state index in [1.807, 2.05) is 31.2 Å². The molecule has 3 heterocycles. The first-order chi connectivity index (χ1) is 16.2. The molecule has 34 heavy (non-hydrogen) atoms. The van der Waals surface area contributed by atoms with Crippen molar-refractivity contribution in [2.45, 2.75) is 45.6 Å². The van der Waals surface area contributed by atoms with Gasteiger partial charge in [0, 0.05) is 18.2 Å². The Bertz CT molecular complexity index is 1240. The molecule has 0 fully saturated rings. The summed E-state index contributed by atoms with van der Waals surface area (Å²) < 4.78 is 30.2. The molecule has 0 saturated heterocycles. The van der Waals surface area contributed by atoms with Crippen molar-refractivity contribution in [2.24, 2.45) is 0 Å². The van der Waals surface area contributed by atoms with Crippen molar-refractivity contribution in [3.63, 3.8) is 0 Å². The minimum absolute atomic E-state index is 0.0354. The van der Waals surface area contributed by atoms with Gasteiger partial charge in [0.1, 0.15) is 12.2 Å². The van der Waals surface area contributed by atoms with E-state index in [-0.39, 0.29) is 23.5 Å². The van der Waals surface area contributed by atoms with Crippen LogP contribution in [-0.2, 0) is 17.8 Å². The maximum atomic E-state index is 14.6. The first-order valence-electron chi connectivity index (χ1n) is 11.3. The Morgan fingerprint density at radius 1 is 1.29 bits per heavy atom. The molecule has 8 nitrogen and oxygen atoms in total. The summed E-state index contributed by atoms with van der Waals surface area (Å²) in [5.41, 5.74) is 4.62. The monoisotopic (exact) mass is 473 g/mol. The molecule has 0 aliphatic carbocycles. The van der Waals surface area contributed by atoms with Gasteiger partial charge in [-0.05, 0) is 23.6 Å². The maximum absolute atomic E-state index is 14.6. The lowest BCUT2D eigenvalue weighted by atomic mass is 9.98. The lowest BCUT2D eigenvalue weighted by Gasteiger charge is -2.18. The highest BCUT2D eigenvalue weighted by atomic mass is 19.3. The standard InChI is InChI=1S/C24H29F2N5O3/c1-4-27-13-34-30-20-22(32)19-21-18(29-11-24(25,26)12-31(21)23(20)33)17(10-28-19)9-15-5-7-16(8-6-15)14(2)3/h5-8,10,14,27,29-30,32H,4,9,11-13H2,1-3H3. The van der Waals surface area contributed by atoms with E-state index in [0.717, 1.165) is 10.1 Å². The zero-order valence-electron chi connectivity index (χ0n) is 19.4. The van der Waals surface area contributed by atoms with Crippen LogP contribution in [0.1, 0.15) is 43.4 Å². The van der Waals surface area contributed by atoms with Crippen LogP contribution in [-0.4, -0.2) is 40.4 Å². The zero-order chi connectivity index (χ0) is 24.5. The minimum Gasteiger partial charge on any atom is -0.504 e. The van der Waals surface area contributed by atoms with E-state index < -0.39 is 30.3 Å². The molecule has 3 aromatic rings. The summed E-state index contributed by atoms with van der Waals surface area (Å²) in [5.74, 6) is -3.24. The quantitative estimate of drug-likeness (QED) is 0.224. The topological polar surface area (TPSA) is 100 Å². The van der Waals surface area contributed by atoms with Crippen molar-refractivity contribution in [2.75, 3.05) is 30.6 Å².